The van der Waals surface area contributed by atoms with Crippen LogP contribution in [0.15, 0.2) is 29.2 Å². The Morgan fingerprint density at radius 1 is 1.31 bits per heavy atom. The van der Waals surface area contributed by atoms with Crippen molar-refractivity contribution in [3.8, 4) is 0 Å². The van der Waals surface area contributed by atoms with Gasteiger partial charge in [0, 0.05) is 25.7 Å². The van der Waals surface area contributed by atoms with Crippen molar-refractivity contribution >= 4 is 0 Å². The quantitative estimate of drug-likeness (QED) is 0.761. The second kappa shape index (κ2) is 5.37. The molecule has 2 aromatic heterocycles. The van der Waals surface area contributed by atoms with Crippen molar-refractivity contribution in [2.75, 3.05) is 6.54 Å². The summed E-state index contributed by atoms with van der Waals surface area (Å²) in [6.07, 6.45) is 3.98. The van der Waals surface area contributed by atoms with Gasteiger partial charge >= 0.3 is 0 Å². The molecule has 0 aliphatic rings. The van der Waals surface area contributed by atoms with Crippen molar-refractivity contribution in [3.05, 3.63) is 41.8 Å². The summed E-state index contributed by atoms with van der Waals surface area (Å²) in [6, 6.07) is 4.08. The maximum absolute atomic E-state index is 4.64. The summed E-state index contributed by atoms with van der Waals surface area (Å²) in [6.45, 7) is 3.60. The highest BCUT2D eigenvalue weighted by Crippen LogP contribution is 1.97. The zero-order chi connectivity index (χ0) is 11.2. The fraction of sp³-hybridized carbons (Fsp3) is 0.364. The van der Waals surface area contributed by atoms with Gasteiger partial charge in [-0.1, -0.05) is 11.2 Å². The number of aromatic nitrogens is 3. The van der Waals surface area contributed by atoms with Crippen molar-refractivity contribution in [3.63, 3.8) is 0 Å². The summed E-state index contributed by atoms with van der Waals surface area (Å²) in [5.41, 5.74) is 2.22. The van der Waals surface area contributed by atoms with Gasteiger partial charge in [-0.25, -0.2) is 0 Å². The highest BCUT2D eigenvalue weighted by atomic mass is 16.5. The SMILES string of the molecule is Cc1ccc(CNCCc2ncon2)nc1. The molecule has 0 aliphatic carbocycles. The van der Waals surface area contributed by atoms with Crippen LogP contribution in [0.5, 0.6) is 0 Å². The van der Waals surface area contributed by atoms with E-state index in [1.54, 1.807) is 0 Å². The van der Waals surface area contributed by atoms with E-state index in [0.29, 0.717) is 0 Å². The predicted octanol–water partition coefficient (Wildman–Crippen LogP) is 1.11. The molecular weight excluding hydrogens is 204 g/mol. The van der Waals surface area contributed by atoms with Gasteiger partial charge in [0.15, 0.2) is 5.82 Å². The zero-order valence-corrected chi connectivity index (χ0v) is 9.18. The van der Waals surface area contributed by atoms with Crippen LogP contribution in [0.2, 0.25) is 0 Å². The second-order valence-corrected chi connectivity index (χ2v) is 3.60. The highest BCUT2D eigenvalue weighted by Gasteiger charge is 1.98. The van der Waals surface area contributed by atoms with Crippen LogP contribution in [0.25, 0.3) is 0 Å². The van der Waals surface area contributed by atoms with Crippen LogP contribution in [-0.2, 0) is 13.0 Å². The molecular formula is C11H14N4O. The normalized spacial score (nSPS) is 10.6. The molecule has 84 valence electrons. The Balaban J connectivity index is 1.70. The van der Waals surface area contributed by atoms with Crippen LogP contribution < -0.4 is 5.32 Å². The van der Waals surface area contributed by atoms with Gasteiger partial charge in [0.1, 0.15) is 0 Å². The van der Waals surface area contributed by atoms with E-state index >= 15 is 0 Å². The van der Waals surface area contributed by atoms with E-state index in [9.17, 15) is 0 Å². The van der Waals surface area contributed by atoms with Gasteiger partial charge in [-0.15, -0.1) is 0 Å². The number of hydrogen-bond acceptors (Lipinski definition) is 5. The van der Waals surface area contributed by atoms with Crippen LogP contribution in [0, 0.1) is 6.92 Å². The second-order valence-electron chi connectivity index (χ2n) is 3.60. The largest absolute Gasteiger partial charge is 0.343 e. The Hall–Kier alpha value is -1.75. The van der Waals surface area contributed by atoms with E-state index in [4.69, 9.17) is 0 Å². The molecule has 0 spiro atoms. The lowest BCUT2D eigenvalue weighted by molar-refractivity contribution is 0.409. The number of nitrogens with zero attached hydrogens (tertiary/aromatic N) is 3. The van der Waals surface area contributed by atoms with Gasteiger partial charge in [-0.3, -0.25) is 4.98 Å². The van der Waals surface area contributed by atoms with Crippen LogP contribution in [0.1, 0.15) is 17.1 Å². The summed E-state index contributed by atoms with van der Waals surface area (Å²) in [7, 11) is 0. The average molecular weight is 218 g/mol. The Labute approximate surface area is 93.9 Å². The van der Waals surface area contributed by atoms with E-state index in [1.807, 2.05) is 19.2 Å². The van der Waals surface area contributed by atoms with Gasteiger partial charge in [0.2, 0.25) is 6.39 Å². The third-order valence-electron chi connectivity index (χ3n) is 2.21. The molecule has 2 aromatic rings. The maximum atomic E-state index is 4.64. The molecule has 0 aliphatic heterocycles. The van der Waals surface area contributed by atoms with E-state index in [1.165, 1.54) is 12.0 Å². The first-order valence-electron chi connectivity index (χ1n) is 5.22. The molecule has 0 radical (unpaired) electrons. The van der Waals surface area contributed by atoms with Crippen LogP contribution >= 0.6 is 0 Å². The van der Waals surface area contributed by atoms with E-state index in [0.717, 1.165) is 31.0 Å². The third kappa shape index (κ3) is 3.13. The molecule has 16 heavy (non-hydrogen) atoms. The number of rotatable bonds is 5. The van der Waals surface area contributed by atoms with Gasteiger partial charge in [0.05, 0.1) is 5.69 Å². The minimum atomic E-state index is 0.726. The average Bonchev–Trinajstić information content (AvgIpc) is 2.80. The molecule has 5 heteroatoms. The molecule has 0 unspecified atom stereocenters. The van der Waals surface area contributed by atoms with Crippen molar-refractivity contribution < 1.29 is 4.52 Å². The predicted molar refractivity (Wildman–Crippen MR) is 58.7 cm³/mol. The van der Waals surface area contributed by atoms with Crippen molar-refractivity contribution in [1.82, 2.24) is 20.4 Å². The van der Waals surface area contributed by atoms with E-state index in [-0.39, 0.29) is 0 Å². The van der Waals surface area contributed by atoms with E-state index in [2.05, 4.69) is 31.0 Å². The summed E-state index contributed by atoms with van der Waals surface area (Å²) in [4.78, 5) is 8.24. The van der Waals surface area contributed by atoms with Crippen molar-refractivity contribution in [2.24, 2.45) is 0 Å². The van der Waals surface area contributed by atoms with Crippen LogP contribution in [-0.4, -0.2) is 21.7 Å². The molecule has 2 heterocycles. The monoisotopic (exact) mass is 218 g/mol. The van der Waals surface area contributed by atoms with Gasteiger partial charge in [-0.2, -0.15) is 4.98 Å². The number of nitrogens with one attached hydrogen (secondary N) is 1. The fourth-order valence-electron chi connectivity index (χ4n) is 1.32. The topological polar surface area (TPSA) is 63.8 Å². The third-order valence-corrected chi connectivity index (χ3v) is 2.21. The molecule has 2 rings (SSSR count). The lowest BCUT2D eigenvalue weighted by Crippen LogP contribution is -2.17. The number of aryl methyl sites for hydroxylation is 1. The lowest BCUT2D eigenvalue weighted by Gasteiger charge is -2.02. The van der Waals surface area contributed by atoms with Gasteiger partial charge in [0.25, 0.3) is 0 Å². The van der Waals surface area contributed by atoms with E-state index < -0.39 is 0 Å². The van der Waals surface area contributed by atoms with Gasteiger partial charge < -0.3 is 9.84 Å². The minimum Gasteiger partial charge on any atom is -0.343 e. The Bertz CT molecular complexity index is 410. The Morgan fingerprint density at radius 3 is 2.94 bits per heavy atom. The van der Waals surface area contributed by atoms with Crippen LogP contribution in [0.3, 0.4) is 0 Å². The van der Waals surface area contributed by atoms with Gasteiger partial charge in [-0.05, 0) is 18.6 Å². The number of pyridine rings is 1. The lowest BCUT2D eigenvalue weighted by atomic mass is 10.3. The van der Waals surface area contributed by atoms with Crippen molar-refractivity contribution in [1.29, 1.82) is 0 Å². The fourth-order valence-corrected chi connectivity index (χ4v) is 1.32. The molecule has 0 saturated carbocycles. The molecule has 0 aromatic carbocycles. The smallest absolute Gasteiger partial charge is 0.213 e. The van der Waals surface area contributed by atoms with Crippen molar-refractivity contribution in [2.45, 2.75) is 19.9 Å². The molecule has 0 saturated heterocycles. The van der Waals surface area contributed by atoms with Crippen LogP contribution in [0.4, 0.5) is 0 Å². The summed E-state index contributed by atoms with van der Waals surface area (Å²) in [5.74, 6) is 0.726. The molecule has 0 atom stereocenters. The molecule has 0 amide bonds. The first-order chi connectivity index (χ1) is 7.84. The first kappa shape index (κ1) is 10.8. The Kier molecular flexibility index (Phi) is 3.61. The zero-order valence-electron chi connectivity index (χ0n) is 9.18. The molecule has 0 bridgehead atoms. The minimum absolute atomic E-state index is 0.726. The number of hydrogen-bond donors (Lipinski definition) is 1. The molecule has 0 fully saturated rings. The standard InChI is InChI=1S/C11H14N4O/c1-9-2-3-10(13-6-9)7-12-5-4-11-14-8-16-15-11/h2-3,6,8,12H,4-5,7H2,1H3. The maximum Gasteiger partial charge on any atom is 0.213 e. The summed E-state index contributed by atoms with van der Waals surface area (Å²) in [5, 5.41) is 7.01. The Morgan fingerprint density at radius 2 is 2.25 bits per heavy atom. The molecule has 1 N–H and O–H groups in total. The highest BCUT2D eigenvalue weighted by molar-refractivity contribution is 5.11. The first-order valence-corrected chi connectivity index (χ1v) is 5.22. The molecule has 5 nitrogen and oxygen atoms in total. The summed E-state index contributed by atoms with van der Waals surface area (Å²) < 4.78 is 4.64. The summed E-state index contributed by atoms with van der Waals surface area (Å²) >= 11 is 0.